The lowest BCUT2D eigenvalue weighted by Gasteiger charge is -2.30. The van der Waals surface area contributed by atoms with E-state index < -0.39 is 0 Å². The molecule has 1 heterocycles. The van der Waals surface area contributed by atoms with Crippen LogP contribution in [0.15, 0.2) is 24.3 Å². The standard InChI is InChI=1S/C17H27N3O/c1-14-5-4-12-20(13-14)11-3-2-10-19-17(21)15-6-8-16(18)9-7-15/h6-9,14H,2-5,10-13,18H2,1H3,(H,19,21). The van der Waals surface area contributed by atoms with Gasteiger partial charge in [-0.1, -0.05) is 6.92 Å². The molecule has 4 heteroatoms. The van der Waals surface area contributed by atoms with Crippen molar-refractivity contribution in [2.75, 3.05) is 31.9 Å². The summed E-state index contributed by atoms with van der Waals surface area (Å²) in [5.41, 5.74) is 6.97. The number of benzene rings is 1. The lowest BCUT2D eigenvalue weighted by Crippen LogP contribution is -2.35. The fourth-order valence-corrected chi connectivity index (χ4v) is 2.89. The van der Waals surface area contributed by atoms with E-state index in [4.69, 9.17) is 5.73 Å². The van der Waals surface area contributed by atoms with Gasteiger partial charge in [0, 0.05) is 24.3 Å². The van der Waals surface area contributed by atoms with Gasteiger partial charge in [-0.3, -0.25) is 4.79 Å². The van der Waals surface area contributed by atoms with Crippen molar-refractivity contribution in [3.05, 3.63) is 29.8 Å². The summed E-state index contributed by atoms with van der Waals surface area (Å²) >= 11 is 0. The topological polar surface area (TPSA) is 58.4 Å². The molecule has 21 heavy (non-hydrogen) atoms. The summed E-state index contributed by atoms with van der Waals surface area (Å²) < 4.78 is 0. The Kier molecular flexibility index (Phi) is 6.05. The van der Waals surface area contributed by atoms with Crippen LogP contribution < -0.4 is 11.1 Å². The van der Waals surface area contributed by atoms with E-state index in [9.17, 15) is 4.79 Å². The fraction of sp³-hybridized carbons (Fsp3) is 0.588. The van der Waals surface area contributed by atoms with E-state index in [-0.39, 0.29) is 5.91 Å². The number of unbranched alkanes of at least 4 members (excludes halogenated alkanes) is 1. The molecule has 2 rings (SSSR count). The Morgan fingerprint density at radius 1 is 1.33 bits per heavy atom. The summed E-state index contributed by atoms with van der Waals surface area (Å²) in [5, 5.41) is 2.97. The predicted molar refractivity (Wildman–Crippen MR) is 87.3 cm³/mol. The second-order valence-corrected chi connectivity index (χ2v) is 6.13. The number of nitrogens with two attached hydrogens (primary N) is 1. The van der Waals surface area contributed by atoms with Gasteiger partial charge in [-0.15, -0.1) is 0 Å². The number of carbonyl (C=O) groups excluding carboxylic acids is 1. The molecule has 0 bridgehead atoms. The monoisotopic (exact) mass is 289 g/mol. The van der Waals surface area contributed by atoms with Crippen LogP contribution in [0.4, 0.5) is 5.69 Å². The maximum Gasteiger partial charge on any atom is 0.251 e. The molecule has 1 atom stereocenters. The normalized spacial score (nSPS) is 19.4. The molecule has 1 unspecified atom stereocenters. The molecule has 1 aliphatic rings. The number of nitrogens with zero attached hydrogens (tertiary/aromatic N) is 1. The Balaban J connectivity index is 1.59. The summed E-state index contributed by atoms with van der Waals surface area (Å²) in [7, 11) is 0. The first-order valence-electron chi connectivity index (χ1n) is 8.01. The fourth-order valence-electron chi connectivity index (χ4n) is 2.89. The van der Waals surface area contributed by atoms with E-state index in [1.807, 2.05) is 0 Å². The first-order chi connectivity index (χ1) is 10.1. The van der Waals surface area contributed by atoms with Crippen LogP contribution in [0.3, 0.4) is 0 Å². The number of nitrogen functional groups attached to an aromatic ring is 1. The van der Waals surface area contributed by atoms with Gasteiger partial charge in [-0.05, 0) is 69.0 Å². The lowest BCUT2D eigenvalue weighted by atomic mass is 10.0. The number of hydrogen-bond acceptors (Lipinski definition) is 3. The maximum absolute atomic E-state index is 11.9. The van der Waals surface area contributed by atoms with E-state index in [2.05, 4.69) is 17.1 Å². The average Bonchev–Trinajstić information content (AvgIpc) is 2.47. The van der Waals surface area contributed by atoms with Crippen molar-refractivity contribution < 1.29 is 4.79 Å². The van der Waals surface area contributed by atoms with Gasteiger partial charge in [-0.25, -0.2) is 0 Å². The minimum Gasteiger partial charge on any atom is -0.399 e. The van der Waals surface area contributed by atoms with Crippen molar-refractivity contribution in [2.24, 2.45) is 5.92 Å². The molecule has 3 N–H and O–H groups in total. The van der Waals surface area contributed by atoms with Crippen LogP contribution in [0, 0.1) is 5.92 Å². The number of anilines is 1. The second kappa shape index (κ2) is 8.03. The second-order valence-electron chi connectivity index (χ2n) is 6.13. The molecule has 1 fully saturated rings. The maximum atomic E-state index is 11.9. The van der Waals surface area contributed by atoms with Crippen LogP contribution in [0.2, 0.25) is 0 Å². The van der Waals surface area contributed by atoms with Crippen LogP contribution in [-0.4, -0.2) is 37.0 Å². The molecular weight excluding hydrogens is 262 g/mol. The number of carbonyl (C=O) groups is 1. The summed E-state index contributed by atoms with van der Waals surface area (Å²) in [6, 6.07) is 7.04. The molecule has 1 aliphatic heterocycles. The molecule has 0 spiro atoms. The highest BCUT2D eigenvalue weighted by Crippen LogP contribution is 2.15. The van der Waals surface area contributed by atoms with Gasteiger partial charge in [0.05, 0.1) is 0 Å². The van der Waals surface area contributed by atoms with Crippen LogP contribution in [0.1, 0.15) is 43.0 Å². The average molecular weight is 289 g/mol. The Bertz CT molecular complexity index is 444. The Hall–Kier alpha value is -1.55. The van der Waals surface area contributed by atoms with Gasteiger partial charge in [0.25, 0.3) is 5.91 Å². The van der Waals surface area contributed by atoms with Gasteiger partial charge >= 0.3 is 0 Å². The van der Waals surface area contributed by atoms with Crippen molar-refractivity contribution in [3.8, 4) is 0 Å². The molecule has 1 aromatic rings. The van der Waals surface area contributed by atoms with E-state index in [1.165, 1.54) is 25.9 Å². The minimum atomic E-state index is -0.0124. The largest absolute Gasteiger partial charge is 0.399 e. The summed E-state index contributed by atoms with van der Waals surface area (Å²) in [5.74, 6) is 0.825. The van der Waals surface area contributed by atoms with Crippen molar-refractivity contribution in [3.63, 3.8) is 0 Å². The summed E-state index contributed by atoms with van der Waals surface area (Å²) in [4.78, 5) is 14.5. The first kappa shape index (κ1) is 15.8. The van der Waals surface area contributed by atoms with Gasteiger partial charge in [-0.2, -0.15) is 0 Å². The van der Waals surface area contributed by atoms with E-state index in [0.29, 0.717) is 11.3 Å². The van der Waals surface area contributed by atoms with Crippen LogP contribution >= 0.6 is 0 Å². The van der Waals surface area contributed by atoms with Crippen LogP contribution in [0.25, 0.3) is 0 Å². The van der Waals surface area contributed by atoms with Gasteiger partial charge < -0.3 is 16.0 Å². The summed E-state index contributed by atoms with van der Waals surface area (Å²) in [6.07, 6.45) is 4.88. The third-order valence-corrected chi connectivity index (χ3v) is 4.10. The van der Waals surface area contributed by atoms with E-state index in [1.54, 1.807) is 24.3 Å². The lowest BCUT2D eigenvalue weighted by molar-refractivity contribution is 0.0952. The van der Waals surface area contributed by atoms with E-state index >= 15 is 0 Å². The SMILES string of the molecule is CC1CCCN(CCCCNC(=O)c2ccc(N)cc2)C1. The smallest absolute Gasteiger partial charge is 0.251 e. The highest BCUT2D eigenvalue weighted by molar-refractivity contribution is 5.94. The first-order valence-corrected chi connectivity index (χ1v) is 8.01. The molecule has 0 radical (unpaired) electrons. The number of likely N-dealkylation sites (tertiary alicyclic amines) is 1. The van der Waals surface area contributed by atoms with E-state index in [0.717, 1.165) is 31.8 Å². The van der Waals surface area contributed by atoms with Gasteiger partial charge in [0.2, 0.25) is 0 Å². The highest BCUT2D eigenvalue weighted by Gasteiger charge is 2.15. The molecule has 1 aromatic carbocycles. The van der Waals surface area contributed by atoms with Gasteiger partial charge in [0.15, 0.2) is 0 Å². The number of rotatable bonds is 6. The summed E-state index contributed by atoms with van der Waals surface area (Å²) in [6.45, 7) is 6.70. The zero-order valence-electron chi connectivity index (χ0n) is 13.0. The number of piperidine rings is 1. The molecule has 0 aromatic heterocycles. The number of nitrogens with one attached hydrogen (secondary N) is 1. The molecule has 116 valence electrons. The van der Waals surface area contributed by atoms with Crippen LogP contribution in [0.5, 0.6) is 0 Å². The molecule has 1 saturated heterocycles. The van der Waals surface area contributed by atoms with Crippen molar-refractivity contribution in [2.45, 2.75) is 32.6 Å². The molecular formula is C17H27N3O. The molecule has 0 aliphatic carbocycles. The van der Waals surface area contributed by atoms with Crippen LogP contribution in [-0.2, 0) is 0 Å². The molecule has 0 saturated carbocycles. The molecule has 4 nitrogen and oxygen atoms in total. The Morgan fingerprint density at radius 2 is 2.10 bits per heavy atom. The van der Waals surface area contributed by atoms with Crippen molar-refractivity contribution >= 4 is 11.6 Å². The van der Waals surface area contributed by atoms with Gasteiger partial charge in [0.1, 0.15) is 0 Å². The Morgan fingerprint density at radius 3 is 2.81 bits per heavy atom. The highest BCUT2D eigenvalue weighted by atomic mass is 16.1. The zero-order valence-corrected chi connectivity index (χ0v) is 13.0. The number of hydrogen-bond donors (Lipinski definition) is 2. The van der Waals surface area contributed by atoms with Crippen molar-refractivity contribution in [1.82, 2.24) is 10.2 Å². The quantitative estimate of drug-likeness (QED) is 0.625. The molecule has 1 amide bonds. The Labute approximate surface area is 127 Å². The van der Waals surface area contributed by atoms with Crippen molar-refractivity contribution in [1.29, 1.82) is 0 Å². The number of amides is 1. The third-order valence-electron chi connectivity index (χ3n) is 4.10. The third kappa shape index (κ3) is 5.38. The predicted octanol–water partition coefficient (Wildman–Crippen LogP) is 2.51. The zero-order chi connectivity index (χ0) is 15.1. The minimum absolute atomic E-state index is 0.0124.